The van der Waals surface area contributed by atoms with E-state index in [1.54, 1.807) is 0 Å². The molecule has 1 saturated heterocycles. The van der Waals surface area contributed by atoms with E-state index in [1.165, 1.54) is 154 Å². The van der Waals surface area contributed by atoms with Crippen molar-refractivity contribution in [2.45, 2.75) is 237 Å². The molecule has 0 aromatic carbocycles. The summed E-state index contributed by atoms with van der Waals surface area (Å²) in [4.78, 5) is 0. The van der Waals surface area contributed by atoms with Gasteiger partial charge in [-0.15, -0.1) is 0 Å². The minimum absolute atomic E-state index is 0.0657. The van der Waals surface area contributed by atoms with Gasteiger partial charge in [0.1, 0.15) is 18.2 Å². The van der Waals surface area contributed by atoms with Crippen molar-refractivity contribution in [2.24, 2.45) is 0 Å². The lowest BCUT2D eigenvalue weighted by Gasteiger charge is -2.39. The van der Waals surface area contributed by atoms with E-state index < -0.39 is 17.7 Å². The van der Waals surface area contributed by atoms with Crippen molar-refractivity contribution in [1.29, 1.82) is 0 Å². The first-order chi connectivity index (χ1) is 25.6. The molecule has 2 N–H and O–H groups in total. The lowest BCUT2D eigenvalue weighted by molar-refractivity contribution is -0.873. The Bertz CT molecular complexity index is 871. The molecule has 6 nitrogen and oxygen atoms in total. The van der Waals surface area contributed by atoms with E-state index in [0.717, 1.165) is 36.7 Å². The monoisotopic (exact) mass is 751 g/mol. The second-order valence-electron chi connectivity index (χ2n) is 17.7. The number of unbranched alkanes of at least 4 members (excludes halogenated alkanes) is 24. The molecular weight excluding hydrogens is 659 g/mol. The number of aliphatic hydroxyl groups excluding tert-OH is 1. The maximum absolute atomic E-state index is 11.8. The lowest BCUT2D eigenvalue weighted by Crippen LogP contribution is -2.51. The molecule has 0 amide bonds. The molecule has 1 aliphatic rings. The van der Waals surface area contributed by atoms with E-state index >= 15 is 0 Å². The number of hydrogen-bond donors (Lipinski definition) is 2. The average molecular weight is 751 g/mol. The van der Waals surface area contributed by atoms with Crippen molar-refractivity contribution in [1.82, 2.24) is 0 Å². The largest absolute Gasteiger partial charge is 0.393 e. The molecule has 1 rings (SSSR count). The highest BCUT2D eigenvalue weighted by Crippen LogP contribution is 2.34. The third-order valence-electron chi connectivity index (χ3n) is 11.0. The summed E-state index contributed by atoms with van der Waals surface area (Å²) in [6, 6.07) is 0. The molecule has 0 saturated carbocycles. The van der Waals surface area contributed by atoms with Gasteiger partial charge in [-0.25, -0.2) is 0 Å². The van der Waals surface area contributed by atoms with Gasteiger partial charge in [0, 0.05) is 6.92 Å². The third kappa shape index (κ3) is 28.3. The topological polar surface area (TPSA) is 68.2 Å². The van der Waals surface area contributed by atoms with E-state index in [0.29, 0.717) is 19.4 Å². The van der Waals surface area contributed by atoms with Crippen molar-refractivity contribution >= 4 is 0 Å². The maximum Gasteiger partial charge on any atom is 0.280 e. The van der Waals surface area contributed by atoms with Crippen LogP contribution in [0.2, 0.25) is 0 Å². The van der Waals surface area contributed by atoms with Crippen LogP contribution in [0.15, 0.2) is 24.3 Å². The van der Waals surface area contributed by atoms with E-state index in [4.69, 9.17) is 14.2 Å². The normalized spacial score (nSPS) is 19.9. The van der Waals surface area contributed by atoms with Gasteiger partial charge in [0.25, 0.3) is 5.97 Å². The number of nitrogens with zero attached hydrogens (tertiary/aromatic N) is 1. The molecule has 0 bridgehead atoms. The van der Waals surface area contributed by atoms with E-state index in [-0.39, 0.29) is 12.7 Å². The maximum atomic E-state index is 11.8. The van der Waals surface area contributed by atoms with Crippen LogP contribution < -0.4 is 0 Å². The molecule has 1 aliphatic heterocycles. The van der Waals surface area contributed by atoms with Crippen molar-refractivity contribution in [3.8, 4) is 0 Å². The first-order valence-corrected chi connectivity index (χ1v) is 23.0. The van der Waals surface area contributed by atoms with Crippen molar-refractivity contribution in [3.05, 3.63) is 24.3 Å². The van der Waals surface area contributed by atoms with E-state index in [1.807, 2.05) is 6.92 Å². The second-order valence-corrected chi connectivity index (χ2v) is 17.7. The molecule has 1 heterocycles. The number of quaternary nitrogens is 1. The third-order valence-corrected chi connectivity index (χ3v) is 11.0. The Hall–Kier alpha value is -0.760. The highest BCUT2D eigenvalue weighted by Gasteiger charge is 2.47. The number of hydrogen-bond acceptors (Lipinski definition) is 5. The first kappa shape index (κ1) is 50.3. The smallest absolute Gasteiger partial charge is 0.280 e. The lowest BCUT2D eigenvalue weighted by atomic mass is 9.87. The van der Waals surface area contributed by atoms with Crippen LogP contribution in [0.3, 0.4) is 0 Å². The molecule has 0 spiro atoms. The SMILES string of the molecule is CCCCCCCCC=CCCCCCCCCC(OC1(C)OCC(C[N+](C)(C)C)O1)C(O)(CO)CCCCCCCCC=CCCCCCCCC. The summed E-state index contributed by atoms with van der Waals surface area (Å²) in [5.74, 6) is -1.21. The molecule has 4 unspecified atom stereocenters. The van der Waals surface area contributed by atoms with Crippen LogP contribution in [0.5, 0.6) is 0 Å². The van der Waals surface area contributed by atoms with Crippen molar-refractivity contribution < 1.29 is 28.9 Å². The van der Waals surface area contributed by atoms with Gasteiger partial charge in [0.05, 0.1) is 40.5 Å². The number of allylic oxidation sites excluding steroid dienone is 4. The van der Waals surface area contributed by atoms with E-state index in [9.17, 15) is 10.2 Å². The van der Waals surface area contributed by atoms with Crippen molar-refractivity contribution in [3.63, 3.8) is 0 Å². The summed E-state index contributed by atoms with van der Waals surface area (Å²) in [6.07, 6.45) is 45.3. The van der Waals surface area contributed by atoms with Gasteiger partial charge >= 0.3 is 0 Å². The Morgan fingerprint density at radius 3 is 1.45 bits per heavy atom. The molecule has 0 radical (unpaired) electrons. The zero-order chi connectivity index (χ0) is 38.9. The van der Waals surface area contributed by atoms with Crippen LogP contribution in [0, 0.1) is 0 Å². The average Bonchev–Trinajstić information content (AvgIpc) is 3.48. The molecule has 1 fully saturated rings. The fourth-order valence-corrected chi connectivity index (χ4v) is 7.67. The van der Waals surface area contributed by atoms with Crippen LogP contribution in [-0.2, 0) is 14.2 Å². The van der Waals surface area contributed by atoms with Crippen LogP contribution in [0.1, 0.15) is 213 Å². The molecule has 53 heavy (non-hydrogen) atoms. The fraction of sp³-hybridized carbons (Fsp3) is 0.915. The molecule has 6 heteroatoms. The highest BCUT2D eigenvalue weighted by atomic mass is 16.9. The van der Waals surface area contributed by atoms with Gasteiger partial charge in [-0.3, -0.25) is 0 Å². The van der Waals surface area contributed by atoms with Gasteiger partial charge < -0.3 is 28.9 Å². The zero-order valence-corrected chi connectivity index (χ0v) is 36.4. The van der Waals surface area contributed by atoms with E-state index in [2.05, 4.69) is 59.3 Å². The predicted molar refractivity (Wildman–Crippen MR) is 227 cm³/mol. The Morgan fingerprint density at radius 2 is 1.04 bits per heavy atom. The minimum Gasteiger partial charge on any atom is -0.393 e. The summed E-state index contributed by atoms with van der Waals surface area (Å²) < 4.78 is 19.7. The molecule has 0 aromatic rings. The van der Waals surface area contributed by atoms with Gasteiger partial charge in [-0.2, -0.15) is 0 Å². The predicted octanol–water partition coefficient (Wildman–Crippen LogP) is 12.7. The molecule has 4 atom stereocenters. The van der Waals surface area contributed by atoms with Crippen LogP contribution in [-0.4, -0.2) is 79.4 Å². The Labute approximate surface area is 330 Å². The van der Waals surface area contributed by atoms with Crippen LogP contribution in [0.25, 0.3) is 0 Å². The molecule has 0 aromatic heterocycles. The van der Waals surface area contributed by atoms with Gasteiger partial charge in [0.15, 0.2) is 0 Å². The molecular formula is C47H92NO5+. The molecule has 314 valence electrons. The van der Waals surface area contributed by atoms with Gasteiger partial charge in [0.2, 0.25) is 0 Å². The Morgan fingerprint density at radius 1 is 0.642 bits per heavy atom. The summed E-state index contributed by atoms with van der Waals surface area (Å²) in [5, 5.41) is 22.4. The van der Waals surface area contributed by atoms with Crippen LogP contribution in [0.4, 0.5) is 0 Å². The van der Waals surface area contributed by atoms with Crippen LogP contribution >= 0.6 is 0 Å². The summed E-state index contributed by atoms with van der Waals surface area (Å²) >= 11 is 0. The number of aliphatic hydroxyl groups is 2. The van der Waals surface area contributed by atoms with Crippen molar-refractivity contribution in [2.75, 3.05) is 40.9 Å². The molecule has 0 aliphatic carbocycles. The zero-order valence-electron chi connectivity index (χ0n) is 36.4. The quantitative estimate of drug-likeness (QED) is 0.0374. The summed E-state index contributed by atoms with van der Waals surface area (Å²) in [7, 11) is 6.45. The summed E-state index contributed by atoms with van der Waals surface area (Å²) in [5.41, 5.74) is -1.31. The standard InChI is InChI=1S/C47H92NO5/c1-7-9-11-13-15-17-19-21-23-25-27-29-31-33-35-37-39-45(53-46(3)51-42-44(52-46)41-48(4,5)6)47(50,43-49)40-38-36-34-32-30-28-26-24-22-20-18-16-14-12-10-8-2/h21-24,44-45,49-50H,7-20,25-43H2,1-6H3/q+1. The fourth-order valence-electron chi connectivity index (χ4n) is 7.67. The number of likely N-dealkylation sites (N-methyl/N-ethyl adjacent to an activating group) is 1. The second kappa shape index (κ2) is 32.3. The Balaban J connectivity index is 2.42. The highest BCUT2D eigenvalue weighted by molar-refractivity contribution is 4.89. The first-order valence-electron chi connectivity index (χ1n) is 23.0. The Kier molecular flexibility index (Phi) is 30.7. The van der Waals surface area contributed by atoms with Gasteiger partial charge in [-0.05, 0) is 64.2 Å². The van der Waals surface area contributed by atoms with Gasteiger partial charge in [-0.1, -0.05) is 167 Å². The minimum atomic E-state index is -1.31. The number of ether oxygens (including phenoxy) is 3. The number of rotatable bonds is 38. The summed E-state index contributed by atoms with van der Waals surface area (Å²) in [6.45, 7) is 7.36.